The third kappa shape index (κ3) is 4.59. The van der Waals surface area contributed by atoms with Gasteiger partial charge in [0.1, 0.15) is 8.07 Å². The van der Waals surface area contributed by atoms with E-state index in [1.165, 1.54) is 5.39 Å². The molecule has 0 heterocycles. The van der Waals surface area contributed by atoms with Crippen LogP contribution >= 0.6 is 0 Å². The van der Waals surface area contributed by atoms with Gasteiger partial charge >= 0.3 is 6.09 Å². The van der Waals surface area contributed by atoms with Crippen LogP contribution in [0.3, 0.4) is 0 Å². The fourth-order valence-corrected chi connectivity index (χ4v) is 9.79. The van der Waals surface area contributed by atoms with E-state index in [4.69, 9.17) is 5.11 Å². The Morgan fingerprint density at radius 1 is 1.00 bits per heavy atom. The van der Waals surface area contributed by atoms with Crippen molar-refractivity contribution in [2.75, 3.05) is 6.54 Å². The number of benzene rings is 2. The molecule has 0 saturated heterocycles. The summed E-state index contributed by atoms with van der Waals surface area (Å²) in [5, 5.41) is 13.7. The molecule has 0 spiro atoms. The highest BCUT2D eigenvalue weighted by Crippen LogP contribution is 2.41. The van der Waals surface area contributed by atoms with Gasteiger partial charge in [0.2, 0.25) is 0 Å². The lowest BCUT2D eigenvalue weighted by Crippen LogP contribution is -2.43. The maximum absolute atomic E-state index is 10.8. The molecule has 0 bridgehead atoms. The summed E-state index contributed by atoms with van der Waals surface area (Å²) in [5.41, 5.74) is 7.73. The zero-order valence-electron chi connectivity index (χ0n) is 18.0. The molecule has 0 aliphatic heterocycles. The van der Waals surface area contributed by atoms with E-state index in [9.17, 15) is 4.79 Å². The molecule has 0 radical (unpaired) electrons. The SMILES string of the molecule is CC(C)[Si](C#Cc1c(CCNC(=O)O)ccc2ccccc12)(C(C)C)C(C)C. The first-order valence-corrected chi connectivity index (χ1v) is 12.4. The number of carboxylic acid groups (broad SMARTS) is 1. The smallest absolute Gasteiger partial charge is 0.404 e. The Kier molecular flexibility index (Phi) is 7.32. The number of rotatable bonds is 6. The predicted molar refractivity (Wildman–Crippen MR) is 122 cm³/mol. The molecule has 0 fully saturated rings. The fourth-order valence-electron chi connectivity index (χ4n) is 4.58. The lowest BCUT2D eigenvalue weighted by Gasteiger charge is -2.38. The van der Waals surface area contributed by atoms with Crippen LogP contribution < -0.4 is 5.32 Å². The van der Waals surface area contributed by atoms with Crippen molar-refractivity contribution in [3.05, 3.63) is 47.5 Å². The van der Waals surface area contributed by atoms with E-state index in [1.54, 1.807) is 0 Å². The molecule has 2 rings (SSSR count). The highest BCUT2D eigenvalue weighted by Gasteiger charge is 2.41. The van der Waals surface area contributed by atoms with Gasteiger partial charge < -0.3 is 10.4 Å². The fraction of sp³-hybridized carbons (Fsp3) is 0.458. The first-order valence-electron chi connectivity index (χ1n) is 10.2. The minimum Gasteiger partial charge on any atom is -0.465 e. The molecule has 28 heavy (non-hydrogen) atoms. The zero-order chi connectivity index (χ0) is 20.9. The third-order valence-corrected chi connectivity index (χ3v) is 12.2. The molecule has 0 saturated carbocycles. The summed E-state index contributed by atoms with van der Waals surface area (Å²) in [6.45, 7) is 14.3. The second-order valence-corrected chi connectivity index (χ2v) is 14.0. The molecule has 0 unspecified atom stereocenters. The average Bonchev–Trinajstić information content (AvgIpc) is 2.62. The molecule has 2 aromatic rings. The van der Waals surface area contributed by atoms with Gasteiger partial charge in [-0.2, -0.15) is 0 Å². The Labute approximate surface area is 170 Å². The van der Waals surface area contributed by atoms with Crippen molar-refractivity contribution in [3.63, 3.8) is 0 Å². The topological polar surface area (TPSA) is 49.3 Å². The normalized spacial score (nSPS) is 11.8. The van der Waals surface area contributed by atoms with E-state index in [0.717, 1.165) is 16.5 Å². The molecule has 2 N–H and O–H groups in total. The molecule has 1 amide bonds. The van der Waals surface area contributed by atoms with Crippen molar-refractivity contribution in [1.82, 2.24) is 5.32 Å². The van der Waals surface area contributed by atoms with Crippen LogP contribution in [0.1, 0.15) is 52.7 Å². The lowest BCUT2D eigenvalue weighted by atomic mass is 9.97. The molecule has 0 aliphatic rings. The molecular weight excluding hydrogens is 362 g/mol. The summed E-state index contributed by atoms with van der Waals surface area (Å²) in [7, 11) is -1.84. The van der Waals surface area contributed by atoms with Crippen LogP contribution in [0.4, 0.5) is 4.79 Å². The highest BCUT2D eigenvalue weighted by atomic mass is 28.3. The van der Waals surface area contributed by atoms with Crippen LogP contribution in [0.25, 0.3) is 10.8 Å². The summed E-state index contributed by atoms with van der Waals surface area (Å²) >= 11 is 0. The van der Waals surface area contributed by atoms with E-state index >= 15 is 0 Å². The van der Waals surface area contributed by atoms with Crippen LogP contribution in [0.5, 0.6) is 0 Å². The molecule has 2 aromatic carbocycles. The number of fused-ring (bicyclic) bond motifs is 1. The quantitative estimate of drug-likeness (QED) is 0.450. The van der Waals surface area contributed by atoms with Gasteiger partial charge in [0.25, 0.3) is 0 Å². The largest absolute Gasteiger partial charge is 0.465 e. The Bertz CT molecular complexity index is 869. The first kappa shape index (κ1) is 22.0. The van der Waals surface area contributed by atoms with Crippen LogP contribution in [-0.4, -0.2) is 25.8 Å². The van der Waals surface area contributed by atoms with Gasteiger partial charge in [-0.15, -0.1) is 5.54 Å². The number of amides is 1. The van der Waals surface area contributed by atoms with Crippen molar-refractivity contribution < 1.29 is 9.90 Å². The summed E-state index contributed by atoms with van der Waals surface area (Å²) in [5.74, 6) is 3.62. The van der Waals surface area contributed by atoms with E-state index in [1.807, 2.05) is 12.1 Å². The van der Waals surface area contributed by atoms with Crippen molar-refractivity contribution in [3.8, 4) is 11.5 Å². The summed E-state index contributed by atoms with van der Waals surface area (Å²) in [4.78, 5) is 10.8. The number of hydrogen-bond donors (Lipinski definition) is 2. The van der Waals surface area contributed by atoms with Gasteiger partial charge in [-0.3, -0.25) is 0 Å². The minimum absolute atomic E-state index is 0.392. The van der Waals surface area contributed by atoms with Crippen molar-refractivity contribution in [2.45, 2.75) is 64.6 Å². The van der Waals surface area contributed by atoms with E-state index < -0.39 is 14.2 Å². The van der Waals surface area contributed by atoms with Gasteiger partial charge in [0.05, 0.1) is 0 Å². The van der Waals surface area contributed by atoms with Crippen molar-refractivity contribution >= 4 is 24.9 Å². The average molecular weight is 396 g/mol. The standard InChI is InChI=1S/C24H33NO2Si/c1-17(2)28(18(3)4,19(5)6)16-14-23-21(13-15-25-24(26)27)12-11-20-9-7-8-10-22(20)23/h7-12,17-19,25H,13,15H2,1-6H3,(H,26,27). The molecule has 0 atom stereocenters. The van der Waals surface area contributed by atoms with Crippen molar-refractivity contribution in [1.29, 1.82) is 0 Å². The third-order valence-electron chi connectivity index (χ3n) is 5.96. The van der Waals surface area contributed by atoms with Crippen molar-refractivity contribution in [2.24, 2.45) is 0 Å². The number of nitrogens with one attached hydrogen (secondary N) is 1. The molecule has 0 aromatic heterocycles. The second kappa shape index (κ2) is 9.30. The predicted octanol–water partition coefficient (Wildman–Crippen LogP) is 6.22. The Hall–Kier alpha value is -2.25. The van der Waals surface area contributed by atoms with E-state index in [2.05, 4.69) is 82.6 Å². The summed E-state index contributed by atoms with van der Waals surface area (Å²) in [6, 6.07) is 12.5. The van der Waals surface area contributed by atoms with Gasteiger partial charge in [0, 0.05) is 12.1 Å². The lowest BCUT2D eigenvalue weighted by molar-refractivity contribution is 0.194. The molecule has 150 valence electrons. The monoisotopic (exact) mass is 395 g/mol. The Balaban J connectivity index is 2.61. The Morgan fingerprint density at radius 2 is 1.61 bits per heavy atom. The summed E-state index contributed by atoms with van der Waals surface area (Å²) < 4.78 is 0. The zero-order valence-corrected chi connectivity index (χ0v) is 19.0. The number of carbonyl (C=O) groups is 1. The van der Waals surface area contributed by atoms with Gasteiger partial charge in [-0.05, 0) is 39.4 Å². The van der Waals surface area contributed by atoms with Crippen LogP contribution in [-0.2, 0) is 6.42 Å². The minimum atomic E-state index is -1.84. The van der Waals surface area contributed by atoms with Gasteiger partial charge in [0.15, 0.2) is 0 Å². The molecule has 3 nitrogen and oxygen atoms in total. The first-order chi connectivity index (χ1) is 13.2. The highest BCUT2D eigenvalue weighted by molar-refractivity contribution is 6.90. The maximum Gasteiger partial charge on any atom is 0.404 e. The molecular formula is C24H33NO2Si. The second-order valence-electron chi connectivity index (χ2n) is 8.45. The van der Waals surface area contributed by atoms with E-state index in [-0.39, 0.29) is 0 Å². The van der Waals surface area contributed by atoms with Crippen LogP contribution in [0, 0.1) is 11.5 Å². The molecule has 0 aliphatic carbocycles. The maximum atomic E-state index is 10.8. The molecule has 4 heteroatoms. The Morgan fingerprint density at radius 3 is 2.18 bits per heavy atom. The number of hydrogen-bond acceptors (Lipinski definition) is 1. The summed E-state index contributed by atoms with van der Waals surface area (Å²) in [6.07, 6.45) is -0.347. The van der Waals surface area contributed by atoms with Gasteiger partial charge in [-0.1, -0.05) is 83.9 Å². The van der Waals surface area contributed by atoms with Gasteiger partial charge in [-0.25, -0.2) is 4.79 Å². The van der Waals surface area contributed by atoms with Crippen LogP contribution in [0.15, 0.2) is 36.4 Å². The van der Waals surface area contributed by atoms with E-state index in [0.29, 0.717) is 29.6 Å². The van der Waals surface area contributed by atoms with Crippen LogP contribution in [0.2, 0.25) is 16.6 Å².